The van der Waals surface area contributed by atoms with Crippen molar-refractivity contribution in [2.75, 3.05) is 26.2 Å². The number of hydrogen-bond acceptors (Lipinski definition) is 6. The van der Waals surface area contributed by atoms with Gasteiger partial charge in [-0.15, -0.1) is 0 Å². The first-order valence-corrected chi connectivity index (χ1v) is 10.6. The standard InChI is InChI=1S/C23H26FN3O4/c1-2-30-23(29)17-5-3-11-26(14-17)15-22(28)27-20(21-6-4-12-31-21)13-19(25-27)16-7-9-18(24)10-8-16/h4,6-10,12,17,20H,2-3,5,11,13-15H2,1H3. The van der Waals surface area contributed by atoms with Gasteiger partial charge in [0.25, 0.3) is 5.91 Å². The Morgan fingerprint density at radius 1 is 1.26 bits per heavy atom. The molecule has 3 heterocycles. The lowest BCUT2D eigenvalue weighted by atomic mass is 9.98. The van der Waals surface area contributed by atoms with Crippen molar-refractivity contribution in [3.05, 3.63) is 59.8 Å². The van der Waals surface area contributed by atoms with Crippen molar-refractivity contribution in [1.29, 1.82) is 0 Å². The van der Waals surface area contributed by atoms with E-state index in [0.29, 0.717) is 31.0 Å². The van der Waals surface area contributed by atoms with Crippen molar-refractivity contribution in [1.82, 2.24) is 9.91 Å². The number of likely N-dealkylation sites (tertiary alicyclic amines) is 1. The van der Waals surface area contributed by atoms with Crippen LogP contribution in [0.5, 0.6) is 0 Å². The predicted octanol–water partition coefficient (Wildman–Crippen LogP) is 3.37. The van der Waals surface area contributed by atoms with Crippen LogP contribution in [0.2, 0.25) is 0 Å². The molecule has 31 heavy (non-hydrogen) atoms. The van der Waals surface area contributed by atoms with Crippen LogP contribution in [0.1, 0.15) is 43.6 Å². The highest BCUT2D eigenvalue weighted by Gasteiger charge is 2.36. The van der Waals surface area contributed by atoms with E-state index in [1.54, 1.807) is 31.4 Å². The molecule has 2 aliphatic heterocycles. The largest absolute Gasteiger partial charge is 0.467 e. The molecule has 0 radical (unpaired) electrons. The summed E-state index contributed by atoms with van der Waals surface area (Å²) in [6, 6.07) is 9.34. The molecule has 0 aliphatic carbocycles. The van der Waals surface area contributed by atoms with Crippen molar-refractivity contribution in [3.63, 3.8) is 0 Å². The monoisotopic (exact) mass is 427 g/mol. The quantitative estimate of drug-likeness (QED) is 0.661. The van der Waals surface area contributed by atoms with Crippen molar-refractivity contribution in [3.8, 4) is 0 Å². The highest BCUT2D eigenvalue weighted by Crippen LogP contribution is 2.33. The highest BCUT2D eigenvalue weighted by molar-refractivity contribution is 6.03. The number of hydrogen-bond donors (Lipinski definition) is 0. The molecule has 1 saturated heterocycles. The van der Waals surface area contributed by atoms with E-state index in [-0.39, 0.29) is 36.2 Å². The third-order valence-electron chi connectivity index (χ3n) is 5.70. The first-order chi connectivity index (χ1) is 15.0. The summed E-state index contributed by atoms with van der Waals surface area (Å²) >= 11 is 0. The summed E-state index contributed by atoms with van der Waals surface area (Å²) in [4.78, 5) is 27.3. The van der Waals surface area contributed by atoms with Crippen LogP contribution in [0.3, 0.4) is 0 Å². The fraction of sp³-hybridized carbons (Fsp3) is 0.435. The number of benzene rings is 1. The Morgan fingerprint density at radius 3 is 2.77 bits per heavy atom. The van der Waals surface area contributed by atoms with Crippen LogP contribution < -0.4 is 0 Å². The van der Waals surface area contributed by atoms with E-state index in [1.165, 1.54) is 17.1 Å². The van der Waals surface area contributed by atoms with Crippen molar-refractivity contribution in [2.24, 2.45) is 11.0 Å². The molecule has 0 N–H and O–H groups in total. The minimum Gasteiger partial charge on any atom is -0.467 e. The fourth-order valence-electron chi connectivity index (χ4n) is 4.17. The number of esters is 1. The summed E-state index contributed by atoms with van der Waals surface area (Å²) in [7, 11) is 0. The second-order valence-electron chi connectivity index (χ2n) is 7.85. The van der Waals surface area contributed by atoms with Crippen molar-refractivity contribution >= 4 is 17.6 Å². The van der Waals surface area contributed by atoms with Crippen LogP contribution >= 0.6 is 0 Å². The lowest BCUT2D eigenvalue weighted by molar-refractivity contribution is -0.150. The molecular formula is C23H26FN3O4. The molecule has 1 aromatic carbocycles. The number of amides is 1. The van der Waals surface area contributed by atoms with Crippen LogP contribution in [-0.2, 0) is 14.3 Å². The zero-order chi connectivity index (χ0) is 21.8. The number of carbonyl (C=O) groups is 2. The SMILES string of the molecule is CCOC(=O)C1CCCN(CC(=O)N2N=C(c3ccc(F)cc3)CC2c2ccco2)C1. The first kappa shape index (κ1) is 21.2. The number of halogens is 1. The topological polar surface area (TPSA) is 75.3 Å². The molecule has 7 nitrogen and oxygen atoms in total. The van der Waals surface area contributed by atoms with E-state index in [2.05, 4.69) is 5.10 Å². The maximum Gasteiger partial charge on any atom is 0.310 e. The number of hydrazone groups is 1. The average molecular weight is 427 g/mol. The molecule has 2 aromatic rings. The molecule has 4 rings (SSSR count). The molecule has 164 valence electrons. The molecule has 0 bridgehead atoms. The second-order valence-corrected chi connectivity index (χ2v) is 7.85. The number of piperidine rings is 1. The lowest BCUT2D eigenvalue weighted by Crippen LogP contribution is -2.44. The van der Waals surface area contributed by atoms with E-state index >= 15 is 0 Å². The maximum atomic E-state index is 13.3. The number of carbonyl (C=O) groups excluding carboxylic acids is 2. The van der Waals surface area contributed by atoms with Gasteiger partial charge in [-0.25, -0.2) is 9.40 Å². The second kappa shape index (κ2) is 9.43. The Hall–Kier alpha value is -3.00. The van der Waals surface area contributed by atoms with E-state index < -0.39 is 0 Å². The van der Waals surface area contributed by atoms with Gasteiger partial charge < -0.3 is 9.15 Å². The summed E-state index contributed by atoms with van der Waals surface area (Å²) in [5.74, 6) is -0.246. The molecule has 1 fully saturated rings. The van der Waals surface area contributed by atoms with E-state index in [0.717, 1.165) is 24.9 Å². The van der Waals surface area contributed by atoms with Crippen LogP contribution in [0, 0.1) is 11.7 Å². The van der Waals surface area contributed by atoms with E-state index in [4.69, 9.17) is 9.15 Å². The van der Waals surface area contributed by atoms with Crippen LogP contribution in [0.15, 0.2) is 52.2 Å². The Balaban J connectivity index is 1.49. The maximum absolute atomic E-state index is 13.3. The predicted molar refractivity (Wildman–Crippen MR) is 112 cm³/mol. The summed E-state index contributed by atoms with van der Waals surface area (Å²) in [5, 5.41) is 6.04. The van der Waals surface area contributed by atoms with Crippen LogP contribution in [0.25, 0.3) is 0 Å². The van der Waals surface area contributed by atoms with Gasteiger partial charge in [0.2, 0.25) is 0 Å². The molecule has 0 spiro atoms. The molecule has 8 heteroatoms. The van der Waals surface area contributed by atoms with Crippen LogP contribution in [-0.4, -0.2) is 53.7 Å². The van der Waals surface area contributed by atoms with Gasteiger partial charge in [-0.1, -0.05) is 12.1 Å². The normalized spacial score (nSPS) is 21.7. The Morgan fingerprint density at radius 2 is 2.06 bits per heavy atom. The number of furan rings is 1. The lowest BCUT2D eigenvalue weighted by Gasteiger charge is -2.32. The molecule has 1 aromatic heterocycles. The Bertz CT molecular complexity index is 942. The van der Waals surface area contributed by atoms with Gasteiger partial charge >= 0.3 is 5.97 Å². The zero-order valence-electron chi connectivity index (χ0n) is 17.5. The zero-order valence-corrected chi connectivity index (χ0v) is 17.5. The molecular weight excluding hydrogens is 401 g/mol. The molecule has 2 unspecified atom stereocenters. The summed E-state index contributed by atoms with van der Waals surface area (Å²) in [5.41, 5.74) is 1.48. The van der Waals surface area contributed by atoms with Gasteiger partial charge in [-0.05, 0) is 56.1 Å². The fourth-order valence-corrected chi connectivity index (χ4v) is 4.17. The average Bonchev–Trinajstić information content (AvgIpc) is 3.45. The summed E-state index contributed by atoms with van der Waals surface area (Å²) in [6.45, 7) is 3.55. The van der Waals surface area contributed by atoms with Gasteiger partial charge in [-0.2, -0.15) is 5.10 Å². The smallest absolute Gasteiger partial charge is 0.310 e. The molecule has 1 amide bonds. The van der Waals surface area contributed by atoms with Crippen LogP contribution in [0.4, 0.5) is 4.39 Å². The Labute approximate surface area is 180 Å². The summed E-state index contributed by atoms with van der Waals surface area (Å²) in [6.07, 6.45) is 3.66. The van der Waals surface area contributed by atoms with Gasteiger partial charge in [0.15, 0.2) is 0 Å². The van der Waals surface area contributed by atoms with E-state index in [9.17, 15) is 14.0 Å². The molecule has 2 atom stereocenters. The van der Waals surface area contributed by atoms with E-state index in [1.807, 2.05) is 11.0 Å². The minimum atomic E-state index is -0.354. The molecule has 0 saturated carbocycles. The van der Waals surface area contributed by atoms with Crippen molar-refractivity contribution < 1.29 is 23.1 Å². The van der Waals surface area contributed by atoms with Gasteiger partial charge in [0.1, 0.15) is 17.6 Å². The van der Waals surface area contributed by atoms with Gasteiger partial charge in [0, 0.05) is 13.0 Å². The number of nitrogens with zero attached hydrogens (tertiary/aromatic N) is 3. The number of ether oxygens (including phenoxy) is 1. The highest BCUT2D eigenvalue weighted by atomic mass is 19.1. The Kier molecular flexibility index (Phi) is 6.46. The van der Waals surface area contributed by atoms with Gasteiger partial charge in [0.05, 0.1) is 31.0 Å². The van der Waals surface area contributed by atoms with Crippen molar-refractivity contribution in [2.45, 2.75) is 32.2 Å². The first-order valence-electron chi connectivity index (χ1n) is 10.6. The third kappa shape index (κ3) is 4.85. The van der Waals surface area contributed by atoms with Gasteiger partial charge in [-0.3, -0.25) is 14.5 Å². The minimum absolute atomic E-state index is 0.160. The summed E-state index contributed by atoms with van der Waals surface area (Å²) < 4.78 is 24.0. The molecule has 2 aliphatic rings. The third-order valence-corrected chi connectivity index (χ3v) is 5.70. The number of rotatable bonds is 6.